The van der Waals surface area contributed by atoms with E-state index in [4.69, 9.17) is 9.47 Å². The minimum Gasteiger partial charge on any atom is -0.497 e. The summed E-state index contributed by atoms with van der Waals surface area (Å²) in [4.78, 5) is 34.3. The summed E-state index contributed by atoms with van der Waals surface area (Å²) in [6.45, 7) is 1.76. The Morgan fingerprint density at radius 1 is 1.03 bits per heavy atom. The number of hydrogen-bond acceptors (Lipinski definition) is 8. The monoisotopic (exact) mass is 432 g/mol. The summed E-state index contributed by atoms with van der Waals surface area (Å²) in [6.07, 6.45) is 3.34. The molecule has 0 bridgehead atoms. The maximum atomic E-state index is 11.9. The van der Waals surface area contributed by atoms with Gasteiger partial charge in [0, 0.05) is 23.3 Å². The zero-order valence-corrected chi connectivity index (χ0v) is 17.4. The molecule has 0 aliphatic heterocycles. The molecule has 0 fully saturated rings. The highest BCUT2D eigenvalue weighted by molar-refractivity contribution is 6.37. The topological polar surface area (TPSA) is 122 Å². The van der Waals surface area contributed by atoms with Gasteiger partial charge in [-0.2, -0.15) is 10.1 Å². The van der Waals surface area contributed by atoms with Crippen LogP contribution in [0.15, 0.2) is 60.9 Å². The summed E-state index contributed by atoms with van der Waals surface area (Å²) < 4.78 is 9.96. The second kappa shape index (κ2) is 9.13. The fourth-order valence-corrected chi connectivity index (χ4v) is 3.02. The molecule has 10 nitrogen and oxygen atoms in total. The van der Waals surface area contributed by atoms with Crippen LogP contribution < -0.4 is 15.0 Å². The number of anilines is 4. The number of hydrogen-bond donors (Lipinski definition) is 2. The lowest BCUT2D eigenvalue weighted by atomic mass is 10.2. The summed E-state index contributed by atoms with van der Waals surface area (Å²) in [5, 5.41) is 10.2. The molecule has 2 aromatic carbocycles. The first kappa shape index (κ1) is 20.8. The molecule has 2 N–H and O–H groups in total. The van der Waals surface area contributed by atoms with Crippen LogP contribution in [0.25, 0.3) is 11.0 Å². The third-order valence-electron chi connectivity index (χ3n) is 4.55. The Morgan fingerprint density at radius 2 is 1.72 bits per heavy atom. The molecule has 1 amide bonds. The molecule has 0 saturated heterocycles. The Labute approximate surface area is 183 Å². The Kier molecular flexibility index (Phi) is 5.93. The van der Waals surface area contributed by atoms with Gasteiger partial charge >= 0.3 is 11.9 Å². The van der Waals surface area contributed by atoms with E-state index in [1.54, 1.807) is 50.7 Å². The van der Waals surface area contributed by atoms with E-state index in [0.717, 1.165) is 22.5 Å². The van der Waals surface area contributed by atoms with Crippen LogP contribution in [0.2, 0.25) is 0 Å². The molecule has 2 heterocycles. The van der Waals surface area contributed by atoms with Gasteiger partial charge in [-0.15, -0.1) is 0 Å². The largest absolute Gasteiger partial charge is 0.497 e. The van der Waals surface area contributed by atoms with Crippen LogP contribution in [0.4, 0.5) is 23.0 Å². The van der Waals surface area contributed by atoms with Crippen LogP contribution in [0.5, 0.6) is 5.75 Å². The SMILES string of the molecule is CCOC(=O)C(=O)Nc1ccc(N(c2ccc(OC)cc2)c2ncc3cn[nH]c3n2)cc1. The number of nitrogens with one attached hydrogen (secondary N) is 2. The number of H-pyrrole nitrogens is 1. The van der Waals surface area contributed by atoms with Gasteiger partial charge in [0.05, 0.1) is 25.3 Å². The van der Waals surface area contributed by atoms with Crippen molar-refractivity contribution in [3.8, 4) is 5.75 Å². The molecule has 162 valence electrons. The van der Waals surface area contributed by atoms with Crippen molar-refractivity contribution in [1.82, 2.24) is 20.2 Å². The molecule has 0 unspecified atom stereocenters. The number of rotatable bonds is 6. The first-order valence-electron chi connectivity index (χ1n) is 9.77. The summed E-state index contributed by atoms with van der Waals surface area (Å²) >= 11 is 0. The third kappa shape index (κ3) is 4.33. The summed E-state index contributed by atoms with van der Waals surface area (Å²) in [5.74, 6) is -0.622. The fourth-order valence-electron chi connectivity index (χ4n) is 3.02. The van der Waals surface area contributed by atoms with Crippen molar-refractivity contribution in [3.63, 3.8) is 0 Å². The quantitative estimate of drug-likeness (QED) is 0.351. The molecule has 0 saturated carbocycles. The first-order chi connectivity index (χ1) is 15.6. The van der Waals surface area contributed by atoms with Crippen molar-refractivity contribution >= 4 is 45.9 Å². The van der Waals surface area contributed by atoms with Crippen molar-refractivity contribution < 1.29 is 19.1 Å². The van der Waals surface area contributed by atoms with Gasteiger partial charge in [0.2, 0.25) is 5.95 Å². The fraction of sp³-hybridized carbons (Fsp3) is 0.136. The van der Waals surface area contributed by atoms with Crippen LogP contribution >= 0.6 is 0 Å². The Bertz CT molecular complexity index is 1240. The molecule has 4 aromatic rings. The van der Waals surface area contributed by atoms with Gasteiger partial charge in [0.25, 0.3) is 0 Å². The second-order valence-electron chi connectivity index (χ2n) is 6.60. The Morgan fingerprint density at radius 3 is 2.38 bits per heavy atom. The number of nitrogens with zero attached hydrogens (tertiary/aromatic N) is 4. The maximum absolute atomic E-state index is 11.9. The standard InChI is InChI=1S/C22H20N6O4/c1-3-32-21(30)20(29)25-15-4-6-16(7-5-15)28(17-8-10-18(31-2)11-9-17)22-23-12-14-13-24-27-19(14)26-22/h4-13H,3H2,1-2H3,(H,25,29)(H,23,24,26,27). The summed E-state index contributed by atoms with van der Waals surface area (Å²) in [6, 6.07) is 14.4. The van der Waals surface area contributed by atoms with E-state index in [1.807, 2.05) is 29.2 Å². The minimum absolute atomic E-state index is 0.128. The van der Waals surface area contributed by atoms with Gasteiger partial charge in [-0.25, -0.2) is 9.78 Å². The molecule has 32 heavy (non-hydrogen) atoms. The van der Waals surface area contributed by atoms with Gasteiger partial charge < -0.3 is 14.8 Å². The molecule has 0 aliphatic rings. The first-order valence-corrected chi connectivity index (χ1v) is 9.77. The van der Waals surface area contributed by atoms with Crippen LogP contribution in [-0.4, -0.2) is 45.8 Å². The van der Waals surface area contributed by atoms with Crippen molar-refractivity contribution in [3.05, 3.63) is 60.9 Å². The number of benzene rings is 2. The van der Waals surface area contributed by atoms with E-state index in [-0.39, 0.29) is 6.61 Å². The highest BCUT2D eigenvalue weighted by Gasteiger charge is 2.18. The predicted octanol–water partition coefficient (Wildman–Crippen LogP) is 3.33. The number of ether oxygens (including phenoxy) is 2. The zero-order chi connectivity index (χ0) is 22.5. The van der Waals surface area contributed by atoms with E-state index in [0.29, 0.717) is 17.3 Å². The molecule has 0 aliphatic carbocycles. The predicted molar refractivity (Wildman–Crippen MR) is 118 cm³/mol. The average Bonchev–Trinajstić information content (AvgIpc) is 3.29. The van der Waals surface area contributed by atoms with Crippen molar-refractivity contribution in [1.29, 1.82) is 0 Å². The third-order valence-corrected chi connectivity index (χ3v) is 4.55. The molecular formula is C22H20N6O4. The second-order valence-corrected chi connectivity index (χ2v) is 6.60. The number of aromatic amines is 1. The number of fused-ring (bicyclic) bond motifs is 1. The number of carbonyl (C=O) groups is 2. The zero-order valence-electron chi connectivity index (χ0n) is 17.4. The summed E-state index contributed by atoms with van der Waals surface area (Å²) in [7, 11) is 1.60. The van der Waals surface area contributed by atoms with E-state index in [9.17, 15) is 9.59 Å². The number of amides is 1. The molecule has 0 radical (unpaired) electrons. The van der Waals surface area contributed by atoms with Crippen LogP contribution in [0, 0.1) is 0 Å². The normalized spacial score (nSPS) is 10.6. The van der Waals surface area contributed by atoms with Gasteiger partial charge in [0.15, 0.2) is 5.65 Å². The lowest BCUT2D eigenvalue weighted by molar-refractivity contribution is -0.152. The number of methoxy groups -OCH3 is 1. The molecule has 0 atom stereocenters. The van der Waals surface area contributed by atoms with Crippen LogP contribution in [-0.2, 0) is 14.3 Å². The van der Waals surface area contributed by atoms with Crippen LogP contribution in [0.3, 0.4) is 0 Å². The smallest absolute Gasteiger partial charge is 0.397 e. The molecule has 4 rings (SSSR count). The van der Waals surface area contributed by atoms with Crippen molar-refractivity contribution in [2.75, 3.05) is 23.9 Å². The average molecular weight is 432 g/mol. The van der Waals surface area contributed by atoms with Gasteiger partial charge in [0.1, 0.15) is 5.75 Å². The van der Waals surface area contributed by atoms with Gasteiger partial charge in [-0.1, -0.05) is 0 Å². The van der Waals surface area contributed by atoms with E-state index >= 15 is 0 Å². The van der Waals surface area contributed by atoms with Crippen molar-refractivity contribution in [2.45, 2.75) is 6.92 Å². The van der Waals surface area contributed by atoms with Crippen LogP contribution in [0.1, 0.15) is 6.92 Å². The number of aromatic nitrogens is 4. The van der Waals surface area contributed by atoms with E-state index in [2.05, 4.69) is 25.5 Å². The minimum atomic E-state index is -0.933. The molecule has 0 spiro atoms. The Balaban J connectivity index is 1.67. The molecule has 10 heteroatoms. The maximum Gasteiger partial charge on any atom is 0.397 e. The van der Waals surface area contributed by atoms with Crippen molar-refractivity contribution in [2.24, 2.45) is 0 Å². The Hall–Kier alpha value is -4.47. The molecular weight excluding hydrogens is 412 g/mol. The molecule has 2 aromatic heterocycles. The number of carbonyl (C=O) groups excluding carboxylic acids is 2. The van der Waals surface area contributed by atoms with Gasteiger partial charge in [-0.3, -0.25) is 14.8 Å². The highest BCUT2D eigenvalue weighted by Crippen LogP contribution is 2.34. The van der Waals surface area contributed by atoms with E-state index in [1.165, 1.54) is 0 Å². The summed E-state index contributed by atoms with van der Waals surface area (Å²) in [5.41, 5.74) is 2.59. The van der Waals surface area contributed by atoms with Gasteiger partial charge in [-0.05, 0) is 55.5 Å². The van der Waals surface area contributed by atoms with E-state index < -0.39 is 11.9 Å². The lowest BCUT2D eigenvalue weighted by Crippen LogP contribution is -2.25. The lowest BCUT2D eigenvalue weighted by Gasteiger charge is -2.23. The number of esters is 1. The highest BCUT2D eigenvalue weighted by atomic mass is 16.5.